The van der Waals surface area contributed by atoms with Crippen molar-refractivity contribution in [2.24, 2.45) is 0 Å². The lowest BCUT2D eigenvalue weighted by Gasteiger charge is -2.42. The Morgan fingerprint density at radius 1 is 0.390 bits per heavy atom. The molecule has 1 spiro atoms. The predicted molar refractivity (Wildman–Crippen MR) is 247 cm³/mol. The maximum atomic E-state index is 2.47. The van der Waals surface area contributed by atoms with Crippen LogP contribution in [-0.4, -0.2) is 11.3 Å². The van der Waals surface area contributed by atoms with Gasteiger partial charge < -0.3 is 9.47 Å². The zero-order valence-corrected chi connectivity index (χ0v) is 32.7. The van der Waals surface area contributed by atoms with Crippen LogP contribution < -0.4 is 21.3 Å². The minimum absolute atomic E-state index is 0.150. The molecular formula is C55H33BN2S. The molecule has 14 rings (SSSR count). The lowest BCUT2D eigenvalue weighted by molar-refractivity contribution is 0.775. The van der Waals surface area contributed by atoms with Crippen molar-refractivity contribution in [3.05, 3.63) is 222 Å². The fourth-order valence-corrected chi connectivity index (χ4v) is 12.6. The summed E-state index contributed by atoms with van der Waals surface area (Å²) in [4.78, 5) is 5.02. The zero-order chi connectivity index (χ0) is 38.4. The molecule has 0 amide bonds. The molecule has 272 valence electrons. The molecule has 1 aliphatic carbocycles. The highest BCUT2D eigenvalue weighted by atomic mass is 32.2. The van der Waals surface area contributed by atoms with Gasteiger partial charge in [0.2, 0.25) is 6.71 Å². The summed E-state index contributed by atoms with van der Waals surface area (Å²) in [5.74, 6) is 0. The van der Waals surface area contributed by atoms with E-state index in [1.165, 1.54) is 115 Å². The van der Waals surface area contributed by atoms with Gasteiger partial charge in [0.1, 0.15) is 0 Å². The first-order chi connectivity index (χ1) is 29.3. The van der Waals surface area contributed by atoms with E-state index >= 15 is 0 Å². The molecule has 1 unspecified atom stereocenters. The first kappa shape index (κ1) is 32.0. The number of benzene rings is 9. The normalized spacial score (nSPS) is 16.1. The quantitative estimate of drug-likeness (QED) is 0.162. The Morgan fingerprint density at radius 3 is 1.75 bits per heavy atom. The van der Waals surface area contributed by atoms with Gasteiger partial charge in [-0.1, -0.05) is 168 Å². The number of anilines is 3. The first-order valence-corrected chi connectivity index (χ1v) is 21.4. The Labute approximate surface area is 347 Å². The van der Waals surface area contributed by atoms with E-state index in [1.807, 2.05) is 11.8 Å². The van der Waals surface area contributed by atoms with Crippen molar-refractivity contribution in [2.45, 2.75) is 15.2 Å². The third-order valence-electron chi connectivity index (χ3n) is 13.7. The standard InChI is InChI=1S/C55H33BN2S/c1-4-18-42-36(14-1)40-32-34(57-48-22-7-2-15-37(48)38-16-3-8-23-49(38)57)28-30-43(40)55(42)44-19-5-6-21-47(44)56-46-31-29-35(33-41(46)39-17-13-20-45(55)54(39)56)58-50-24-9-11-26-52(50)59-53-27-12-10-25-51(53)58/h1-33H. The van der Waals surface area contributed by atoms with Crippen LogP contribution in [-0.2, 0) is 5.41 Å². The molecule has 1 atom stereocenters. The molecule has 2 nitrogen and oxygen atoms in total. The zero-order valence-electron chi connectivity index (χ0n) is 31.9. The molecule has 4 aliphatic rings. The minimum Gasteiger partial charge on any atom is -0.309 e. The van der Waals surface area contributed by atoms with Crippen LogP contribution in [0.25, 0.3) is 49.7 Å². The lowest BCUT2D eigenvalue weighted by atomic mass is 9.32. The van der Waals surface area contributed by atoms with Crippen LogP contribution in [0.1, 0.15) is 22.3 Å². The summed E-state index contributed by atoms with van der Waals surface area (Å²) in [5.41, 5.74) is 21.9. The second-order valence-electron chi connectivity index (χ2n) is 16.3. The van der Waals surface area contributed by atoms with Crippen LogP contribution in [0.4, 0.5) is 17.1 Å². The molecular weight excluding hydrogens is 731 g/mol. The molecule has 0 N–H and O–H groups in total. The van der Waals surface area contributed by atoms with Gasteiger partial charge in [-0.3, -0.25) is 0 Å². The van der Waals surface area contributed by atoms with Gasteiger partial charge in [0.05, 0.1) is 27.8 Å². The molecule has 4 heterocycles. The second-order valence-corrected chi connectivity index (χ2v) is 17.4. The first-order valence-electron chi connectivity index (χ1n) is 20.6. The monoisotopic (exact) mass is 764 g/mol. The molecule has 9 aromatic carbocycles. The van der Waals surface area contributed by atoms with Gasteiger partial charge in [-0.2, -0.15) is 0 Å². The van der Waals surface area contributed by atoms with E-state index < -0.39 is 5.41 Å². The molecule has 1 aromatic heterocycles. The summed E-state index contributed by atoms with van der Waals surface area (Å²) in [5, 5.41) is 2.56. The van der Waals surface area contributed by atoms with E-state index in [2.05, 4.69) is 210 Å². The average Bonchev–Trinajstić information content (AvgIpc) is 3.92. The lowest BCUT2D eigenvalue weighted by Crippen LogP contribution is -2.59. The SMILES string of the molecule is c1ccc2c(c1)Sc1ccccc1N2c1ccc2c(c1)-c1cccc3c1B2c1ccccc1C31c2ccccc2-c2cc(-n3c4ccccc4c4ccccc43)ccc21. The fourth-order valence-electron chi connectivity index (χ4n) is 11.5. The van der Waals surface area contributed by atoms with Crippen molar-refractivity contribution in [1.29, 1.82) is 0 Å². The topological polar surface area (TPSA) is 8.17 Å². The number of nitrogens with zero attached hydrogens (tertiary/aromatic N) is 2. The summed E-state index contributed by atoms with van der Waals surface area (Å²) in [6, 6.07) is 75.5. The van der Waals surface area contributed by atoms with Crippen LogP contribution in [0, 0.1) is 0 Å². The molecule has 0 saturated heterocycles. The maximum absolute atomic E-state index is 2.47. The van der Waals surface area contributed by atoms with Crippen LogP contribution in [0.15, 0.2) is 210 Å². The Kier molecular flexibility index (Phi) is 6.27. The Bertz CT molecular complexity index is 3370. The van der Waals surface area contributed by atoms with Gasteiger partial charge >= 0.3 is 0 Å². The second kappa shape index (κ2) is 11.6. The van der Waals surface area contributed by atoms with Crippen molar-refractivity contribution in [3.8, 4) is 27.9 Å². The molecule has 3 aliphatic heterocycles. The molecule has 59 heavy (non-hydrogen) atoms. The maximum Gasteiger partial charge on any atom is 0.243 e. The number of hydrogen-bond acceptors (Lipinski definition) is 2. The number of para-hydroxylation sites is 4. The third kappa shape index (κ3) is 4.00. The van der Waals surface area contributed by atoms with Crippen molar-refractivity contribution >= 4 is 73.7 Å². The summed E-state index contributed by atoms with van der Waals surface area (Å²) < 4.78 is 2.45. The van der Waals surface area contributed by atoms with Crippen LogP contribution >= 0.6 is 11.8 Å². The highest BCUT2D eigenvalue weighted by molar-refractivity contribution is 7.99. The van der Waals surface area contributed by atoms with Gasteiger partial charge in [-0.05, 0) is 105 Å². The summed E-state index contributed by atoms with van der Waals surface area (Å²) in [7, 11) is 0. The van der Waals surface area contributed by atoms with Crippen molar-refractivity contribution < 1.29 is 0 Å². The molecule has 0 fully saturated rings. The van der Waals surface area contributed by atoms with E-state index in [1.54, 1.807) is 0 Å². The van der Waals surface area contributed by atoms with E-state index in [0.29, 0.717) is 0 Å². The van der Waals surface area contributed by atoms with Gasteiger partial charge in [0.25, 0.3) is 0 Å². The number of fused-ring (bicyclic) bond motifs is 17. The van der Waals surface area contributed by atoms with E-state index in [-0.39, 0.29) is 6.71 Å². The molecule has 0 bridgehead atoms. The Hall–Kier alpha value is -7.01. The smallest absolute Gasteiger partial charge is 0.243 e. The van der Waals surface area contributed by atoms with Crippen LogP contribution in [0.5, 0.6) is 0 Å². The number of rotatable bonds is 2. The molecule has 0 saturated carbocycles. The Balaban J connectivity index is 1.01. The third-order valence-corrected chi connectivity index (χ3v) is 14.8. The highest BCUT2D eigenvalue weighted by Crippen LogP contribution is 2.58. The van der Waals surface area contributed by atoms with Crippen LogP contribution in [0.2, 0.25) is 0 Å². The van der Waals surface area contributed by atoms with Crippen molar-refractivity contribution in [2.75, 3.05) is 4.90 Å². The van der Waals surface area contributed by atoms with E-state index in [0.717, 1.165) is 0 Å². The molecule has 0 radical (unpaired) electrons. The highest BCUT2D eigenvalue weighted by Gasteiger charge is 2.54. The fraction of sp³-hybridized carbons (Fsp3) is 0.0182. The minimum atomic E-state index is -0.462. The van der Waals surface area contributed by atoms with Crippen molar-refractivity contribution in [1.82, 2.24) is 4.57 Å². The molecule has 10 aromatic rings. The van der Waals surface area contributed by atoms with E-state index in [4.69, 9.17) is 0 Å². The Morgan fingerprint density at radius 2 is 0.966 bits per heavy atom. The van der Waals surface area contributed by atoms with Gasteiger partial charge in [0.15, 0.2) is 0 Å². The number of hydrogen-bond donors (Lipinski definition) is 0. The summed E-state index contributed by atoms with van der Waals surface area (Å²) in [6.07, 6.45) is 0. The van der Waals surface area contributed by atoms with Gasteiger partial charge in [-0.25, -0.2) is 0 Å². The number of aromatic nitrogens is 1. The summed E-state index contributed by atoms with van der Waals surface area (Å²) >= 11 is 1.86. The van der Waals surface area contributed by atoms with Gasteiger partial charge in [0, 0.05) is 31.9 Å². The predicted octanol–water partition coefficient (Wildman–Crippen LogP) is 11.9. The summed E-state index contributed by atoms with van der Waals surface area (Å²) in [6.45, 7) is 0.150. The van der Waals surface area contributed by atoms with Crippen LogP contribution in [0.3, 0.4) is 0 Å². The van der Waals surface area contributed by atoms with E-state index in [9.17, 15) is 0 Å². The molecule has 4 heteroatoms. The van der Waals surface area contributed by atoms with Crippen molar-refractivity contribution in [3.63, 3.8) is 0 Å². The van der Waals surface area contributed by atoms with Gasteiger partial charge in [-0.15, -0.1) is 0 Å². The average molecular weight is 765 g/mol. The largest absolute Gasteiger partial charge is 0.309 e.